The van der Waals surface area contributed by atoms with Gasteiger partial charge in [-0.25, -0.2) is 9.97 Å². The Hall–Kier alpha value is -2.83. The molecule has 7 heteroatoms. The van der Waals surface area contributed by atoms with Gasteiger partial charge in [0.05, 0.1) is 11.6 Å². The summed E-state index contributed by atoms with van der Waals surface area (Å²) in [5.74, 6) is 1.27. The molecule has 0 saturated carbocycles. The number of fused-ring (bicyclic) bond motifs is 1. The maximum atomic E-state index is 12.4. The minimum absolute atomic E-state index is 0.0497. The molecule has 3 aromatic heterocycles. The largest absolute Gasteiger partial charge is 0.459 e. The summed E-state index contributed by atoms with van der Waals surface area (Å²) in [7, 11) is 0. The van der Waals surface area contributed by atoms with Gasteiger partial charge in [-0.1, -0.05) is 0 Å². The first kappa shape index (κ1) is 13.8. The predicted octanol–water partition coefficient (Wildman–Crippen LogP) is 1.90. The molecule has 0 unspecified atom stereocenters. The zero-order chi connectivity index (χ0) is 15.6. The van der Waals surface area contributed by atoms with Gasteiger partial charge in [0.1, 0.15) is 17.8 Å². The summed E-state index contributed by atoms with van der Waals surface area (Å²) in [5, 5.41) is 1.01. The van der Waals surface area contributed by atoms with E-state index in [-0.39, 0.29) is 5.91 Å². The van der Waals surface area contributed by atoms with Gasteiger partial charge >= 0.3 is 0 Å². The van der Waals surface area contributed by atoms with Crippen LogP contribution in [0, 0.1) is 0 Å². The molecule has 1 saturated heterocycles. The lowest BCUT2D eigenvalue weighted by atomic mass is 10.3. The fourth-order valence-electron chi connectivity index (χ4n) is 3.00. The lowest BCUT2D eigenvalue weighted by molar-refractivity contribution is 0.0735. The number of aromatic amines is 1. The summed E-state index contributed by atoms with van der Waals surface area (Å²) in [6.07, 6.45) is 5.86. The quantitative estimate of drug-likeness (QED) is 0.782. The van der Waals surface area contributed by atoms with E-state index in [9.17, 15) is 4.79 Å². The van der Waals surface area contributed by atoms with E-state index < -0.39 is 0 Å². The minimum atomic E-state index is -0.0497. The second kappa shape index (κ2) is 5.75. The highest BCUT2D eigenvalue weighted by Crippen LogP contribution is 2.23. The first-order valence-corrected chi connectivity index (χ1v) is 7.69. The Morgan fingerprint density at radius 2 is 2.13 bits per heavy atom. The van der Waals surface area contributed by atoms with Crippen LogP contribution < -0.4 is 4.90 Å². The molecule has 3 aromatic rings. The van der Waals surface area contributed by atoms with Gasteiger partial charge < -0.3 is 19.2 Å². The van der Waals surface area contributed by atoms with E-state index >= 15 is 0 Å². The molecule has 1 N–H and O–H groups in total. The Balaban J connectivity index is 1.53. The van der Waals surface area contributed by atoms with Crippen molar-refractivity contribution in [2.75, 3.05) is 31.1 Å². The van der Waals surface area contributed by atoms with Crippen LogP contribution in [-0.4, -0.2) is 51.9 Å². The molecule has 0 aliphatic carbocycles. The maximum Gasteiger partial charge on any atom is 0.289 e. The van der Waals surface area contributed by atoms with Crippen molar-refractivity contribution in [3.63, 3.8) is 0 Å². The molecule has 4 rings (SSSR count). The molecule has 0 bridgehead atoms. The third kappa shape index (κ3) is 2.54. The summed E-state index contributed by atoms with van der Waals surface area (Å²) in [4.78, 5) is 28.2. The average molecular weight is 311 g/mol. The molecule has 0 aromatic carbocycles. The lowest BCUT2D eigenvalue weighted by Crippen LogP contribution is -2.35. The van der Waals surface area contributed by atoms with Crippen molar-refractivity contribution >= 4 is 22.8 Å². The van der Waals surface area contributed by atoms with Gasteiger partial charge in [-0.3, -0.25) is 4.79 Å². The Morgan fingerprint density at radius 3 is 3.00 bits per heavy atom. The van der Waals surface area contributed by atoms with Gasteiger partial charge in [0.25, 0.3) is 5.91 Å². The van der Waals surface area contributed by atoms with Crippen molar-refractivity contribution in [3.8, 4) is 0 Å². The van der Waals surface area contributed by atoms with Crippen LogP contribution in [-0.2, 0) is 0 Å². The fourth-order valence-corrected chi connectivity index (χ4v) is 3.00. The number of hydrogen-bond acceptors (Lipinski definition) is 5. The number of H-pyrrole nitrogens is 1. The van der Waals surface area contributed by atoms with E-state index in [4.69, 9.17) is 4.42 Å². The van der Waals surface area contributed by atoms with Gasteiger partial charge in [-0.05, 0) is 24.6 Å². The minimum Gasteiger partial charge on any atom is -0.459 e. The standard InChI is InChI=1S/C16H17N5O2/c22-16(13-3-1-10-23-13)21-7-2-6-20(8-9-21)15-12-4-5-17-14(12)18-11-19-15/h1,3-5,10-11H,2,6-9H2,(H,17,18,19). The average Bonchev–Trinajstić information content (AvgIpc) is 3.21. The van der Waals surface area contributed by atoms with E-state index in [0.717, 1.165) is 42.9 Å². The fraction of sp³-hybridized carbons (Fsp3) is 0.312. The molecule has 1 fully saturated rings. The van der Waals surface area contributed by atoms with Crippen molar-refractivity contribution in [1.29, 1.82) is 0 Å². The van der Waals surface area contributed by atoms with E-state index in [0.29, 0.717) is 12.3 Å². The van der Waals surface area contributed by atoms with E-state index in [1.54, 1.807) is 18.5 Å². The zero-order valence-corrected chi connectivity index (χ0v) is 12.6. The van der Waals surface area contributed by atoms with Gasteiger partial charge in [0.2, 0.25) is 0 Å². The van der Waals surface area contributed by atoms with Crippen molar-refractivity contribution in [2.24, 2.45) is 0 Å². The van der Waals surface area contributed by atoms with E-state index in [1.807, 2.05) is 17.2 Å². The predicted molar refractivity (Wildman–Crippen MR) is 85.3 cm³/mol. The van der Waals surface area contributed by atoms with Crippen LogP contribution in [0.3, 0.4) is 0 Å². The molecular formula is C16H17N5O2. The van der Waals surface area contributed by atoms with Crippen LogP contribution in [0.15, 0.2) is 41.4 Å². The Morgan fingerprint density at radius 1 is 1.17 bits per heavy atom. The summed E-state index contributed by atoms with van der Waals surface area (Å²) >= 11 is 0. The van der Waals surface area contributed by atoms with E-state index in [2.05, 4.69) is 19.9 Å². The number of nitrogens with zero attached hydrogens (tertiary/aromatic N) is 4. The van der Waals surface area contributed by atoms with Gasteiger partial charge in [-0.2, -0.15) is 0 Å². The van der Waals surface area contributed by atoms with E-state index in [1.165, 1.54) is 6.26 Å². The Labute approximate surface area is 132 Å². The molecule has 23 heavy (non-hydrogen) atoms. The van der Waals surface area contributed by atoms with Crippen LogP contribution in [0.25, 0.3) is 11.0 Å². The summed E-state index contributed by atoms with van der Waals surface area (Å²) in [5.41, 5.74) is 0.836. The van der Waals surface area contributed by atoms with Crippen LogP contribution in [0.1, 0.15) is 17.0 Å². The highest BCUT2D eigenvalue weighted by atomic mass is 16.3. The highest BCUT2D eigenvalue weighted by Gasteiger charge is 2.23. The van der Waals surface area contributed by atoms with Crippen molar-refractivity contribution in [1.82, 2.24) is 19.9 Å². The van der Waals surface area contributed by atoms with Crippen LogP contribution in [0.2, 0.25) is 0 Å². The van der Waals surface area contributed by atoms with Crippen LogP contribution >= 0.6 is 0 Å². The summed E-state index contributed by atoms with van der Waals surface area (Å²) in [6, 6.07) is 5.43. The molecule has 7 nitrogen and oxygen atoms in total. The third-order valence-corrected chi connectivity index (χ3v) is 4.15. The number of furan rings is 1. The van der Waals surface area contributed by atoms with Gasteiger partial charge in [0, 0.05) is 32.4 Å². The lowest BCUT2D eigenvalue weighted by Gasteiger charge is -2.22. The monoisotopic (exact) mass is 311 g/mol. The SMILES string of the molecule is O=C(c1ccco1)N1CCCN(c2ncnc3[nH]ccc23)CC1. The van der Waals surface area contributed by atoms with Crippen molar-refractivity contribution in [3.05, 3.63) is 42.7 Å². The summed E-state index contributed by atoms with van der Waals surface area (Å²) < 4.78 is 5.22. The van der Waals surface area contributed by atoms with Gasteiger partial charge in [-0.15, -0.1) is 0 Å². The zero-order valence-electron chi connectivity index (χ0n) is 12.6. The number of hydrogen-bond donors (Lipinski definition) is 1. The normalized spacial score (nSPS) is 15.8. The number of nitrogens with one attached hydrogen (secondary N) is 1. The second-order valence-corrected chi connectivity index (χ2v) is 5.55. The van der Waals surface area contributed by atoms with Gasteiger partial charge in [0.15, 0.2) is 5.76 Å². The number of rotatable bonds is 2. The van der Waals surface area contributed by atoms with Crippen LogP contribution in [0.5, 0.6) is 0 Å². The number of aromatic nitrogens is 3. The topological polar surface area (TPSA) is 78.3 Å². The maximum absolute atomic E-state index is 12.4. The molecule has 118 valence electrons. The molecular weight excluding hydrogens is 294 g/mol. The molecule has 0 atom stereocenters. The Kier molecular flexibility index (Phi) is 3.45. The number of anilines is 1. The molecule has 1 aliphatic rings. The van der Waals surface area contributed by atoms with Crippen molar-refractivity contribution < 1.29 is 9.21 Å². The Bertz CT molecular complexity index is 811. The molecule has 4 heterocycles. The molecule has 0 radical (unpaired) electrons. The number of carbonyl (C=O) groups excluding carboxylic acids is 1. The summed E-state index contributed by atoms with van der Waals surface area (Å²) in [6.45, 7) is 2.97. The molecule has 1 aliphatic heterocycles. The van der Waals surface area contributed by atoms with Crippen LogP contribution in [0.4, 0.5) is 5.82 Å². The number of carbonyl (C=O) groups is 1. The smallest absolute Gasteiger partial charge is 0.289 e. The molecule has 1 amide bonds. The second-order valence-electron chi connectivity index (χ2n) is 5.55. The molecule has 0 spiro atoms. The van der Waals surface area contributed by atoms with Crippen molar-refractivity contribution in [2.45, 2.75) is 6.42 Å². The first-order chi connectivity index (χ1) is 11.3. The third-order valence-electron chi connectivity index (χ3n) is 4.15. The number of amides is 1. The highest BCUT2D eigenvalue weighted by molar-refractivity contribution is 5.91. The first-order valence-electron chi connectivity index (χ1n) is 7.69.